The summed E-state index contributed by atoms with van der Waals surface area (Å²) in [6.07, 6.45) is 1.56. The van der Waals surface area contributed by atoms with Gasteiger partial charge in [-0.15, -0.1) is 11.3 Å². The molecule has 0 saturated carbocycles. The molecule has 1 aliphatic heterocycles. The van der Waals surface area contributed by atoms with Crippen LogP contribution in [0.2, 0.25) is 0 Å². The summed E-state index contributed by atoms with van der Waals surface area (Å²) >= 11 is 1.65. The lowest BCUT2D eigenvalue weighted by Gasteiger charge is -2.11. The fraction of sp³-hybridized carbons (Fsp3) is 0.333. The third-order valence-electron chi connectivity index (χ3n) is 3.39. The Morgan fingerprint density at radius 1 is 1.50 bits per heavy atom. The molecule has 1 atom stereocenters. The molecule has 0 unspecified atom stereocenters. The zero-order valence-corrected chi connectivity index (χ0v) is 12.2. The molecule has 4 nitrogen and oxygen atoms in total. The molecule has 0 aliphatic carbocycles. The van der Waals surface area contributed by atoms with Crippen LogP contribution in [0.3, 0.4) is 0 Å². The summed E-state index contributed by atoms with van der Waals surface area (Å²) < 4.78 is 0. The van der Waals surface area contributed by atoms with Gasteiger partial charge in [-0.2, -0.15) is 0 Å². The van der Waals surface area contributed by atoms with Gasteiger partial charge >= 0.3 is 0 Å². The number of amides is 1. The largest absolute Gasteiger partial charge is 0.373 e. The molecule has 3 rings (SSSR count). The maximum absolute atomic E-state index is 12.1. The van der Waals surface area contributed by atoms with Crippen LogP contribution < -0.4 is 10.6 Å². The van der Waals surface area contributed by atoms with Crippen molar-refractivity contribution < 1.29 is 4.79 Å². The van der Waals surface area contributed by atoms with E-state index in [-0.39, 0.29) is 11.9 Å². The Bertz CT molecular complexity index is 598. The Morgan fingerprint density at radius 3 is 3.10 bits per heavy atom. The monoisotopic (exact) mass is 287 g/mol. The number of rotatable bonds is 4. The van der Waals surface area contributed by atoms with Crippen molar-refractivity contribution in [2.45, 2.75) is 25.8 Å². The minimum Gasteiger partial charge on any atom is -0.373 e. The van der Waals surface area contributed by atoms with E-state index in [1.165, 1.54) is 5.56 Å². The fourth-order valence-corrected chi connectivity index (χ4v) is 3.17. The topological polar surface area (TPSA) is 54.0 Å². The molecule has 2 N–H and O–H groups in total. The molecule has 1 aromatic carbocycles. The third kappa shape index (κ3) is 2.82. The van der Waals surface area contributed by atoms with Crippen molar-refractivity contribution >= 4 is 22.9 Å². The van der Waals surface area contributed by atoms with Crippen LogP contribution in [0.1, 0.15) is 16.3 Å². The summed E-state index contributed by atoms with van der Waals surface area (Å²) in [5, 5.41) is 9.35. The zero-order chi connectivity index (χ0) is 13.9. The molecule has 2 aromatic rings. The molecule has 2 heterocycles. The van der Waals surface area contributed by atoms with E-state index in [0.717, 1.165) is 29.2 Å². The number of nitrogens with zero attached hydrogens (tertiary/aromatic N) is 1. The molecule has 0 bridgehead atoms. The fourth-order valence-electron chi connectivity index (χ4n) is 2.39. The number of benzene rings is 1. The molecule has 20 heavy (non-hydrogen) atoms. The number of thiazole rings is 1. The van der Waals surface area contributed by atoms with E-state index >= 15 is 0 Å². The van der Waals surface area contributed by atoms with Crippen LogP contribution in [0.25, 0.3) is 0 Å². The van der Waals surface area contributed by atoms with Gasteiger partial charge in [-0.1, -0.05) is 18.2 Å². The van der Waals surface area contributed by atoms with Crippen LogP contribution >= 0.6 is 11.3 Å². The minimum atomic E-state index is -0.148. The number of anilines is 1. The van der Waals surface area contributed by atoms with Crippen molar-refractivity contribution in [2.24, 2.45) is 0 Å². The highest BCUT2D eigenvalue weighted by molar-refractivity contribution is 7.09. The van der Waals surface area contributed by atoms with Crippen LogP contribution in [0.4, 0.5) is 5.69 Å². The summed E-state index contributed by atoms with van der Waals surface area (Å²) in [5.74, 6) is 0.0643. The predicted molar refractivity (Wildman–Crippen MR) is 81.1 cm³/mol. The molecule has 104 valence electrons. The Kier molecular flexibility index (Phi) is 3.69. The average Bonchev–Trinajstić information content (AvgIpc) is 3.04. The Morgan fingerprint density at radius 2 is 2.35 bits per heavy atom. The first-order valence-electron chi connectivity index (χ1n) is 6.75. The first-order valence-corrected chi connectivity index (χ1v) is 7.63. The average molecular weight is 287 g/mol. The van der Waals surface area contributed by atoms with Gasteiger partial charge in [0.1, 0.15) is 6.04 Å². The molecule has 1 aromatic heterocycles. The van der Waals surface area contributed by atoms with E-state index in [1.54, 1.807) is 11.3 Å². The Labute approximate surface area is 122 Å². The van der Waals surface area contributed by atoms with Crippen LogP contribution in [-0.2, 0) is 17.6 Å². The first kappa shape index (κ1) is 13.1. The third-order valence-corrected chi connectivity index (χ3v) is 4.42. The van der Waals surface area contributed by atoms with Crippen LogP contribution in [-0.4, -0.2) is 23.5 Å². The number of carbonyl (C=O) groups excluding carboxylic acids is 1. The Hall–Kier alpha value is -1.88. The highest BCUT2D eigenvalue weighted by Crippen LogP contribution is 2.25. The highest BCUT2D eigenvalue weighted by Gasteiger charge is 2.25. The normalized spacial score (nSPS) is 16.6. The van der Waals surface area contributed by atoms with Crippen molar-refractivity contribution in [1.29, 1.82) is 0 Å². The SMILES string of the molecule is Cc1csc(CCNC(=O)[C@@H]2Cc3ccccc3N2)n1. The molecular formula is C15H17N3OS. The second kappa shape index (κ2) is 5.63. The maximum Gasteiger partial charge on any atom is 0.242 e. The van der Waals surface area contributed by atoms with E-state index in [0.29, 0.717) is 6.54 Å². The van der Waals surface area contributed by atoms with Gasteiger partial charge < -0.3 is 10.6 Å². The van der Waals surface area contributed by atoms with E-state index in [1.807, 2.05) is 30.5 Å². The highest BCUT2D eigenvalue weighted by atomic mass is 32.1. The molecule has 1 amide bonds. The smallest absolute Gasteiger partial charge is 0.242 e. The van der Waals surface area contributed by atoms with Gasteiger partial charge in [0, 0.05) is 36.1 Å². The molecule has 1 aliphatic rings. The van der Waals surface area contributed by atoms with E-state index in [2.05, 4.69) is 21.7 Å². The zero-order valence-electron chi connectivity index (χ0n) is 11.3. The van der Waals surface area contributed by atoms with Crippen molar-refractivity contribution in [1.82, 2.24) is 10.3 Å². The number of nitrogens with one attached hydrogen (secondary N) is 2. The molecule has 0 saturated heterocycles. The number of aryl methyl sites for hydroxylation is 1. The van der Waals surface area contributed by atoms with Gasteiger partial charge in [0.25, 0.3) is 0 Å². The van der Waals surface area contributed by atoms with Gasteiger partial charge in [0.2, 0.25) is 5.91 Å². The van der Waals surface area contributed by atoms with Gasteiger partial charge in [-0.25, -0.2) is 4.98 Å². The van der Waals surface area contributed by atoms with Gasteiger partial charge in [0.05, 0.1) is 5.01 Å². The predicted octanol–water partition coefficient (Wildman–Crippen LogP) is 2.15. The van der Waals surface area contributed by atoms with Crippen molar-refractivity contribution in [3.05, 3.63) is 45.9 Å². The number of para-hydroxylation sites is 1. The molecule has 5 heteroatoms. The summed E-state index contributed by atoms with van der Waals surface area (Å²) in [4.78, 5) is 16.5. The molecule has 0 fully saturated rings. The Balaban J connectivity index is 1.49. The first-order chi connectivity index (χ1) is 9.72. The molecule has 0 spiro atoms. The quantitative estimate of drug-likeness (QED) is 0.906. The lowest BCUT2D eigenvalue weighted by atomic mass is 10.1. The number of fused-ring (bicyclic) bond motifs is 1. The van der Waals surface area contributed by atoms with Crippen molar-refractivity contribution in [3.63, 3.8) is 0 Å². The number of hydrogen-bond acceptors (Lipinski definition) is 4. The second-order valence-corrected chi connectivity index (χ2v) is 5.92. The van der Waals surface area contributed by atoms with E-state index < -0.39 is 0 Å². The summed E-state index contributed by atoms with van der Waals surface area (Å²) in [7, 11) is 0. The maximum atomic E-state index is 12.1. The lowest BCUT2D eigenvalue weighted by molar-refractivity contribution is -0.121. The van der Waals surface area contributed by atoms with Crippen molar-refractivity contribution in [2.75, 3.05) is 11.9 Å². The van der Waals surface area contributed by atoms with E-state index in [4.69, 9.17) is 0 Å². The van der Waals surface area contributed by atoms with Gasteiger partial charge in [-0.3, -0.25) is 4.79 Å². The standard InChI is InChI=1S/C15H17N3OS/c1-10-9-20-14(17-10)6-7-16-15(19)13-8-11-4-2-3-5-12(11)18-13/h2-5,9,13,18H,6-8H2,1H3,(H,16,19)/t13-/m0/s1. The summed E-state index contributed by atoms with van der Waals surface area (Å²) in [6, 6.07) is 7.92. The second-order valence-electron chi connectivity index (χ2n) is 4.98. The summed E-state index contributed by atoms with van der Waals surface area (Å²) in [6.45, 7) is 2.62. The van der Waals surface area contributed by atoms with Crippen LogP contribution in [0.5, 0.6) is 0 Å². The molecule has 0 radical (unpaired) electrons. The van der Waals surface area contributed by atoms with E-state index in [9.17, 15) is 4.79 Å². The number of hydrogen-bond donors (Lipinski definition) is 2. The minimum absolute atomic E-state index is 0.0643. The van der Waals surface area contributed by atoms with Crippen molar-refractivity contribution in [3.8, 4) is 0 Å². The summed E-state index contributed by atoms with van der Waals surface area (Å²) in [5.41, 5.74) is 3.33. The lowest BCUT2D eigenvalue weighted by Crippen LogP contribution is -2.39. The number of carbonyl (C=O) groups is 1. The van der Waals surface area contributed by atoms with Crippen LogP contribution in [0, 0.1) is 6.92 Å². The number of aromatic nitrogens is 1. The van der Waals surface area contributed by atoms with Gasteiger partial charge in [0.15, 0.2) is 0 Å². The molecular weight excluding hydrogens is 270 g/mol. The van der Waals surface area contributed by atoms with Gasteiger partial charge in [-0.05, 0) is 18.6 Å². The van der Waals surface area contributed by atoms with Crippen LogP contribution in [0.15, 0.2) is 29.6 Å².